The number of thiazole rings is 1. The summed E-state index contributed by atoms with van der Waals surface area (Å²) < 4.78 is 27.0. The molecule has 0 spiro atoms. The maximum absolute atomic E-state index is 14.0. The number of fused-ring (bicyclic) bond motifs is 1. The van der Waals surface area contributed by atoms with Gasteiger partial charge in [-0.1, -0.05) is 65.4 Å². The molecule has 1 atom stereocenters. The van der Waals surface area contributed by atoms with Crippen molar-refractivity contribution < 1.29 is 28.2 Å². The van der Waals surface area contributed by atoms with E-state index in [0.29, 0.717) is 38.7 Å². The van der Waals surface area contributed by atoms with Crippen molar-refractivity contribution in [1.82, 2.24) is 4.57 Å². The average molecular weight is 629 g/mol. The number of rotatable bonds is 7. The second kappa shape index (κ2) is 11.9. The first-order chi connectivity index (χ1) is 21.2. The van der Waals surface area contributed by atoms with Crippen LogP contribution in [-0.2, 0) is 9.53 Å². The third-order valence-corrected chi connectivity index (χ3v) is 8.25. The van der Waals surface area contributed by atoms with E-state index in [1.165, 1.54) is 41.0 Å². The number of carbonyl (C=O) groups is 2. The highest BCUT2D eigenvalue weighted by molar-refractivity contribution is 7.07. The number of nitrogens with zero attached hydrogens (tertiary/aromatic N) is 2. The third kappa shape index (κ3) is 5.41. The Labute approximate surface area is 258 Å². The first kappa shape index (κ1) is 29.0. The Morgan fingerprint density at radius 2 is 1.82 bits per heavy atom. The van der Waals surface area contributed by atoms with Crippen LogP contribution >= 0.6 is 22.9 Å². The summed E-state index contributed by atoms with van der Waals surface area (Å²) in [5.74, 6) is -1.56. The first-order valence-electron chi connectivity index (χ1n) is 13.4. The molecule has 0 radical (unpaired) electrons. The lowest BCUT2D eigenvalue weighted by Crippen LogP contribution is -2.40. The van der Waals surface area contributed by atoms with Gasteiger partial charge < -0.3 is 14.3 Å². The first-order valence-corrected chi connectivity index (χ1v) is 14.6. The molecule has 44 heavy (non-hydrogen) atoms. The molecule has 0 saturated carbocycles. The van der Waals surface area contributed by atoms with E-state index in [0.717, 1.165) is 11.3 Å². The maximum atomic E-state index is 14.0. The molecular weight excluding hydrogens is 607 g/mol. The lowest BCUT2D eigenvalue weighted by molar-refractivity contribution is -0.138. The lowest BCUT2D eigenvalue weighted by Gasteiger charge is -2.25. The molecular formula is C33H22ClFN2O6S. The number of hydrogen-bond acceptors (Lipinski definition) is 7. The third-order valence-electron chi connectivity index (χ3n) is 6.94. The number of carbonyl (C=O) groups excluding carboxylic acids is 1. The molecule has 3 heterocycles. The molecule has 0 saturated heterocycles. The van der Waals surface area contributed by atoms with Gasteiger partial charge in [-0.05, 0) is 55.0 Å². The van der Waals surface area contributed by atoms with Crippen LogP contribution in [0.1, 0.15) is 40.2 Å². The summed E-state index contributed by atoms with van der Waals surface area (Å²) >= 11 is 7.12. The minimum Gasteiger partial charge on any atom is -0.478 e. The Hall–Kier alpha value is -5.06. The van der Waals surface area contributed by atoms with Gasteiger partial charge in [-0.3, -0.25) is 9.36 Å². The number of carboxylic acid groups (broad SMARTS) is 1. The topological polar surface area (TPSA) is 111 Å². The van der Waals surface area contributed by atoms with Crippen LogP contribution in [0.25, 0.3) is 23.1 Å². The van der Waals surface area contributed by atoms with E-state index in [-0.39, 0.29) is 27.3 Å². The predicted octanol–water partition coefficient (Wildman–Crippen LogP) is 5.69. The zero-order valence-electron chi connectivity index (χ0n) is 23.0. The minimum absolute atomic E-state index is 0.0668. The summed E-state index contributed by atoms with van der Waals surface area (Å²) in [6.45, 7) is 1.79. The molecule has 0 aliphatic carbocycles. The quantitative estimate of drug-likeness (QED) is 0.232. The Kier molecular flexibility index (Phi) is 7.86. The largest absolute Gasteiger partial charge is 0.478 e. The van der Waals surface area contributed by atoms with E-state index in [2.05, 4.69) is 0 Å². The van der Waals surface area contributed by atoms with Crippen LogP contribution in [0.15, 0.2) is 105 Å². The number of esters is 1. The molecule has 5 aromatic rings. The minimum atomic E-state index is -1.17. The molecule has 1 unspecified atom stereocenters. The second-order valence-electron chi connectivity index (χ2n) is 9.68. The van der Waals surface area contributed by atoms with E-state index < -0.39 is 29.4 Å². The zero-order valence-corrected chi connectivity index (χ0v) is 24.6. The van der Waals surface area contributed by atoms with Gasteiger partial charge in [-0.2, -0.15) is 0 Å². The van der Waals surface area contributed by atoms with Crippen LogP contribution in [0.5, 0.6) is 0 Å². The molecule has 0 fully saturated rings. The Morgan fingerprint density at radius 1 is 1.07 bits per heavy atom. The van der Waals surface area contributed by atoms with E-state index in [9.17, 15) is 23.9 Å². The van der Waals surface area contributed by atoms with Crippen molar-refractivity contribution in [2.45, 2.75) is 13.0 Å². The van der Waals surface area contributed by atoms with Crippen LogP contribution < -0.4 is 14.9 Å². The monoisotopic (exact) mass is 628 g/mol. The summed E-state index contributed by atoms with van der Waals surface area (Å²) in [4.78, 5) is 44.1. The van der Waals surface area contributed by atoms with Gasteiger partial charge >= 0.3 is 11.9 Å². The Balaban J connectivity index is 1.53. The van der Waals surface area contributed by atoms with Gasteiger partial charge in [0, 0.05) is 17.2 Å². The van der Waals surface area contributed by atoms with Crippen molar-refractivity contribution in [3.05, 3.63) is 143 Å². The molecule has 0 amide bonds. The molecule has 2 aromatic heterocycles. The van der Waals surface area contributed by atoms with Crippen molar-refractivity contribution in [2.75, 3.05) is 6.61 Å². The number of furan rings is 1. The van der Waals surface area contributed by atoms with Crippen LogP contribution in [0.3, 0.4) is 0 Å². The fourth-order valence-electron chi connectivity index (χ4n) is 4.96. The summed E-state index contributed by atoms with van der Waals surface area (Å²) in [6.07, 6.45) is 1.55. The number of carboxylic acids is 1. The van der Waals surface area contributed by atoms with E-state index in [1.807, 2.05) is 30.3 Å². The molecule has 1 aliphatic rings. The Bertz CT molecular complexity index is 2130. The van der Waals surface area contributed by atoms with Crippen molar-refractivity contribution in [3.8, 4) is 11.3 Å². The number of benzene rings is 3. The van der Waals surface area contributed by atoms with Crippen LogP contribution in [-0.4, -0.2) is 28.2 Å². The molecule has 8 nitrogen and oxygen atoms in total. The molecule has 3 aromatic carbocycles. The predicted molar refractivity (Wildman–Crippen MR) is 164 cm³/mol. The molecule has 0 bridgehead atoms. The molecule has 6 rings (SSSR count). The van der Waals surface area contributed by atoms with Crippen molar-refractivity contribution in [2.24, 2.45) is 4.99 Å². The fraction of sp³-hybridized carbons (Fsp3) is 0.0909. The molecule has 1 aliphatic heterocycles. The van der Waals surface area contributed by atoms with Crippen molar-refractivity contribution in [3.63, 3.8) is 0 Å². The summed E-state index contributed by atoms with van der Waals surface area (Å²) in [7, 11) is 0. The van der Waals surface area contributed by atoms with Gasteiger partial charge in [0.05, 0.1) is 39.0 Å². The van der Waals surface area contributed by atoms with Gasteiger partial charge in [0.1, 0.15) is 17.3 Å². The van der Waals surface area contributed by atoms with Crippen molar-refractivity contribution >= 4 is 46.6 Å². The van der Waals surface area contributed by atoms with Crippen LogP contribution in [0, 0.1) is 5.82 Å². The SMILES string of the molecule is CCOC(=O)C1=C(c2ccccc2)N=c2sc(=Cc3ccc(-c4ccc(Cl)c(C(=O)O)c4)o3)c(=O)n2C1c1ccc(F)cc1. The highest BCUT2D eigenvalue weighted by atomic mass is 35.5. The number of ether oxygens (including phenoxy) is 1. The number of halogens is 2. The fourth-order valence-corrected chi connectivity index (χ4v) is 6.14. The van der Waals surface area contributed by atoms with Crippen LogP contribution in [0.2, 0.25) is 5.02 Å². The summed E-state index contributed by atoms with van der Waals surface area (Å²) in [5.41, 5.74) is 1.65. The van der Waals surface area contributed by atoms with Gasteiger partial charge in [-0.25, -0.2) is 19.0 Å². The Morgan fingerprint density at radius 3 is 2.52 bits per heavy atom. The zero-order chi connectivity index (χ0) is 31.0. The lowest BCUT2D eigenvalue weighted by atomic mass is 9.93. The molecule has 11 heteroatoms. The number of hydrogen-bond donors (Lipinski definition) is 1. The molecule has 220 valence electrons. The van der Waals surface area contributed by atoms with Crippen molar-refractivity contribution in [1.29, 1.82) is 0 Å². The smallest absolute Gasteiger partial charge is 0.338 e. The highest BCUT2D eigenvalue weighted by Gasteiger charge is 2.35. The standard InChI is InChI=1S/C33H22ClFN2O6S/c1-2-42-32(41)27-28(18-6-4-3-5-7-18)36-33-37(29(27)19-8-11-21(35)12-9-19)30(38)26(44-33)17-22-13-15-25(43-22)20-10-14-24(34)23(16-20)31(39)40/h3-17,29H,2H2,1H3,(H,39,40). The van der Waals surface area contributed by atoms with E-state index in [1.54, 1.807) is 31.2 Å². The highest BCUT2D eigenvalue weighted by Crippen LogP contribution is 2.35. The van der Waals surface area contributed by atoms with E-state index >= 15 is 0 Å². The van der Waals surface area contributed by atoms with Gasteiger partial charge in [0.25, 0.3) is 5.56 Å². The van der Waals surface area contributed by atoms with Crippen LogP contribution in [0.4, 0.5) is 4.39 Å². The normalized spacial score (nSPS) is 14.7. The number of aromatic nitrogens is 1. The molecule has 1 N–H and O–H groups in total. The second-order valence-corrected chi connectivity index (χ2v) is 11.1. The van der Waals surface area contributed by atoms with Gasteiger partial charge in [-0.15, -0.1) is 0 Å². The number of aromatic carboxylic acids is 1. The summed E-state index contributed by atoms with van der Waals surface area (Å²) in [6, 6.07) is 21.6. The maximum Gasteiger partial charge on any atom is 0.338 e. The van der Waals surface area contributed by atoms with Gasteiger partial charge in [0.2, 0.25) is 0 Å². The average Bonchev–Trinajstić information content (AvgIpc) is 3.61. The van der Waals surface area contributed by atoms with Gasteiger partial charge in [0.15, 0.2) is 4.80 Å². The van der Waals surface area contributed by atoms with E-state index in [4.69, 9.17) is 25.7 Å². The summed E-state index contributed by atoms with van der Waals surface area (Å²) in [5, 5.41) is 9.52.